The Kier molecular flexibility index (Phi) is 24.9. The molecule has 0 N–H and O–H groups in total. The fraction of sp³-hybridized carbons (Fsp3) is 0.714. The van der Waals surface area contributed by atoms with Crippen molar-refractivity contribution < 1.29 is 9.47 Å². The van der Waals surface area contributed by atoms with E-state index >= 15 is 0 Å². The Bertz CT molecular complexity index is 887. The first-order valence-corrected chi connectivity index (χ1v) is 19.3. The molecular weight excluding hydrogens is 564 g/mol. The summed E-state index contributed by atoms with van der Waals surface area (Å²) < 4.78 is 12.2. The number of rotatable bonds is 31. The first kappa shape index (κ1) is 40.5. The predicted octanol–water partition coefficient (Wildman–Crippen LogP) is 12.0. The molecule has 4 nitrogen and oxygen atoms in total. The predicted molar refractivity (Wildman–Crippen MR) is 200 cm³/mol. The van der Waals surface area contributed by atoms with Crippen LogP contribution < -0.4 is 0 Å². The minimum absolute atomic E-state index is 0.643. The van der Waals surface area contributed by atoms with Gasteiger partial charge in [0.25, 0.3) is 0 Å². The van der Waals surface area contributed by atoms with Gasteiger partial charge >= 0.3 is 0 Å². The molecule has 0 aliphatic heterocycles. The lowest BCUT2D eigenvalue weighted by atomic mass is 10.0. The van der Waals surface area contributed by atoms with Gasteiger partial charge in [0.2, 0.25) is 0 Å². The number of nitrogens with zero attached hydrogens (tertiary/aromatic N) is 2. The third-order valence-electron chi connectivity index (χ3n) is 9.13. The Morgan fingerprint density at radius 3 is 1.11 bits per heavy atom. The van der Waals surface area contributed by atoms with Gasteiger partial charge in [-0.3, -0.25) is 9.80 Å². The van der Waals surface area contributed by atoms with E-state index in [9.17, 15) is 0 Å². The van der Waals surface area contributed by atoms with Crippen LogP contribution in [-0.2, 0) is 22.7 Å². The Hall–Kier alpha value is -1.72. The second-order valence-corrected chi connectivity index (χ2v) is 13.9. The van der Waals surface area contributed by atoms with Gasteiger partial charge in [0.05, 0.1) is 26.7 Å². The van der Waals surface area contributed by atoms with Gasteiger partial charge in [0.1, 0.15) is 0 Å². The smallest absolute Gasteiger partial charge is 0.0992 e. The minimum atomic E-state index is 0.643. The summed E-state index contributed by atoms with van der Waals surface area (Å²) >= 11 is 0. The van der Waals surface area contributed by atoms with E-state index in [1.165, 1.54) is 151 Å². The highest BCUT2D eigenvalue weighted by Gasteiger charge is 2.05. The molecule has 262 valence electrons. The lowest BCUT2D eigenvalue weighted by Crippen LogP contribution is -2.22. The van der Waals surface area contributed by atoms with E-state index in [1.54, 1.807) is 0 Å². The van der Waals surface area contributed by atoms with Crippen molar-refractivity contribution in [3.8, 4) is 11.1 Å². The van der Waals surface area contributed by atoms with Crippen molar-refractivity contribution in [2.75, 3.05) is 40.6 Å². The van der Waals surface area contributed by atoms with Gasteiger partial charge in [-0.05, 0) is 74.4 Å². The van der Waals surface area contributed by atoms with Crippen LogP contribution in [0.25, 0.3) is 11.1 Å². The number of benzene rings is 2. The molecule has 0 amide bonds. The fourth-order valence-electron chi connectivity index (χ4n) is 6.19. The van der Waals surface area contributed by atoms with Crippen molar-refractivity contribution in [2.24, 2.45) is 0 Å². The number of ether oxygens (including phenoxy) is 2. The molecule has 2 rings (SSSR count). The molecule has 0 atom stereocenters. The third-order valence-corrected chi connectivity index (χ3v) is 9.13. The van der Waals surface area contributed by atoms with Crippen molar-refractivity contribution in [3.63, 3.8) is 0 Å². The molecule has 0 bridgehead atoms. The van der Waals surface area contributed by atoms with Crippen molar-refractivity contribution >= 4 is 0 Å². The highest BCUT2D eigenvalue weighted by atomic mass is 16.5. The molecule has 0 heterocycles. The molecule has 4 heteroatoms. The maximum absolute atomic E-state index is 6.08. The zero-order valence-corrected chi connectivity index (χ0v) is 30.7. The van der Waals surface area contributed by atoms with Crippen LogP contribution in [0, 0.1) is 0 Å². The van der Waals surface area contributed by atoms with Crippen LogP contribution in [0.2, 0.25) is 0 Å². The van der Waals surface area contributed by atoms with Crippen molar-refractivity contribution in [1.82, 2.24) is 9.80 Å². The van der Waals surface area contributed by atoms with Crippen LogP contribution >= 0.6 is 0 Å². The third kappa shape index (κ3) is 21.2. The van der Waals surface area contributed by atoms with Crippen LogP contribution in [0.15, 0.2) is 48.5 Å². The number of unbranched alkanes of at least 4 members (excludes halogenated alkanes) is 18. The molecule has 2 aromatic carbocycles. The van der Waals surface area contributed by atoms with E-state index in [4.69, 9.17) is 9.47 Å². The van der Waals surface area contributed by atoms with Crippen LogP contribution in [-0.4, -0.2) is 50.4 Å². The van der Waals surface area contributed by atoms with Crippen molar-refractivity contribution in [3.05, 3.63) is 59.7 Å². The van der Waals surface area contributed by atoms with E-state index < -0.39 is 0 Å². The summed E-state index contributed by atoms with van der Waals surface area (Å²) in [5, 5.41) is 0. The summed E-state index contributed by atoms with van der Waals surface area (Å²) in [6, 6.07) is 17.6. The second kappa shape index (κ2) is 28.3. The van der Waals surface area contributed by atoms with Gasteiger partial charge in [-0.2, -0.15) is 0 Å². The Labute approximate surface area is 285 Å². The maximum atomic E-state index is 6.08. The monoisotopic (exact) mass is 637 g/mol. The fourth-order valence-corrected chi connectivity index (χ4v) is 6.19. The first-order valence-electron chi connectivity index (χ1n) is 19.3. The standard InChI is InChI=1S/C42H72N2O2/c1-5-7-9-11-13-15-17-19-21-23-31-43(3)37-45-35-39-27-25-29-41(33-39)42-30-26-28-40(34-42)36-46-38-44(4)32-24-22-20-18-16-14-12-10-8-6-2/h25-30,33-34H,5-24,31-32,35-38H2,1-4H3. The van der Waals surface area contributed by atoms with Crippen LogP contribution in [0.1, 0.15) is 153 Å². The molecule has 0 spiro atoms. The van der Waals surface area contributed by atoms with Gasteiger partial charge in [0, 0.05) is 0 Å². The zero-order chi connectivity index (χ0) is 32.9. The van der Waals surface area contributed by atoms with E-state index in [2.05, 4.69) is 86.3 Å². The maximum Gasteiger partial charge on any atom is 0.0992 e. The van der Waals surface area contributed by atoms with Gasteiger partial charge in [-0.1, -0.05) is 166 Å². The van der Waals surface area contributed by atoms with E-state index in [0.29, 0.717) is 26.7 Å². The van der Waals surface area contributed by atoms with Crippen molar-refractivity contribution in [1.29, 1.82) is 0 Å². The quantitative estimate of drug-likeness (QED) is 0.0607. The average Bonchev–Trinajstić information content (AvgIpc) is 3.07. The lowest BCUT2D eigenvalue weighted by Gasteiger charge is -2.17. The summed E-state index contributed by atoms with van der Waals surface area (Å²) in [4.78, 5) is 4.62. The molecule has 0 aromatic heterocycles. The normalized spacial score (nSPS) is 11.7. The summed E-state index contributed by atoms with van der Waals surface area (Å²) in [5.74, 6) is 0. The van der Waals surface area contributed by atoms with Crippen molar-refractivity contribution in [2.45, 2.75) is 155 Å². The van der Waals surface area contributed by atoms with Crippen LogP contribution in [0.4, 0.5) is 0 Å². The molecule has 0 aliphatic carbocycles. The highest BCUT2D eigenvalue weighted by Crippen LogP contribution is 2.23. The molecule has 2 aromatic rings. The van der Waals surface area contributed by atoms with E-state index in [-0.39, 0.29) is 0 Å². The minimum Gasteiger partial charge on any atom is -0.361 e. The molecule has 0 unspecified atom stereocenters. The van der Waals surface area contributed by atoms with Gasteiger partial charge in [-0.15, -0.1) is 0 Å². The molecular formula is C42H72N2O2. The van der Waals surface area contributed by atoms with E-state index in [1.807, 2.05) is 0 Å². The zero-order valence-electron chi connectivity index (χ0n) is 30.7. The first-order chi connectivity index (χ1) is 22.6. The molecule has 0 radical (unpaired) electrons. The summed E-state index contributed by atoms with van der Waals surface area (Å²) in [6.45, 7) is 9.45. The second-order valence-electron chi connectivity index (χ2n) is 13.9. The molecule has 0 aliphatic rings. The molecule has 0 saturated heterocycles. The van der Waals surface area contributed by atoms with Gasteiger partial charge in [-0.25, -0.2) is 0 Å². The van der Waals surface area contributed by atoms with Gasteiger partial charge < -0.3 is 9.47 Å². The molecule has 0 fully saturated rings. The topological polar surface area (TPSA) is 24.9 Å². The summed E-state index contributed by atoms with van der Waals surface area (Å²) in [6.07, 6.45) is 27.6. The van der Waals surface area contributed by atoms with Gasteiger partial charge in [0.15, 0.2) is 0 Å². The number of hydrogen-bond acceptors (Lipinski definition) is 4. The van der Waals surface area contributed by atoms with Crippen LogP contribution in [0.3, 0.4) is 0 Å². The highest BCUT2D eigenvalue weighted by molar-refractivity contribution is 5.64. The average molecular weight is 637 g/mol. The van der Waals surface area contributed by atoms with Crippen LogP contribution in [0.5, 0.6) is 0 Å². The summed E-state index contributed by atoms with van der Waals surface area (Å²) in [5.41, 5.74) is 4.92. The van der Waals surface area contributed by atoms with E-state index in [0.717, 1.165) is 13.1 Å². The molecule has 46 heavy (non-hydrogen) atoms. The number of hydrogen-bond donors (Lipinski definition) is 0. The Morgan fingerprint density at radius 2 is 0.761 bits per heavy atom. The molecule has 0 saturated carbocycles. The summed E-state index contributed by atoms with van der Waals surface area (Å²) in [7, 11) is 4.35. The Morgan fingerprint density at radius 1 is 0.435 bits per heavy atom. The SMILES string of the molecule is CCCCCCCCCCCCN(C)COCc1cccc(-c2cccc(COCN(C)CCCCCCCCCCCC)c2)c1. The lowest BCUT2D eigenvalue weighted by molar-refractivity contribution is 0.0315. The largest absolute Gasteiger partial charge is 0.361 e. The Balaban J connectivity index is 1.57.